The van der Waals surface area contributed by atoms with Gasteiger partial charge in [-0.15, -0.1) is 0 Å². The number of nitrogens with one attached hydrogen (secondary N) is 1. The van der Waals surface area contributed by atoms with Crippen molar-refractivity contribution in [1.82, 2.24) is 5.32 Å². The van der Waals surface area contributed by atoms with Gasteiger partial charge in [0.15, 0.2) is 0 Å². The van der Waals surface area contributed by atoms with Crippen LogP contribution < -0.4 is 5.32 Å². The number of hydrogen-bond donors (Lipinski definition) is 2. The standard InChI is InChI=1S/C55H105N2O7P/c1-7-10-13-16-19-22-25-28-31-34-37-40-43-46-53(64-55(59)48-45-42-39-36-33-30-27-24-21-18-15-12-9-3)52(51-63-65(60,61)62-50-49-57(4,5)6)56-54(58)47-44-41-38-35-32-29-26-23-20-17-14-11-8-2/h29-30,32-33,43,46,52-53H,7-28,31,34-42,44-45,47-51H2,1-6H3,(H-,56,58,60,61)/p+1/b32-29-,33-30-,46-43+. The van der Waals surface area contributed by atoms with Gasteiger partial charge in [-0.3, -0.25) is 18.6 Å². The molecular formula is C55H106N2O7P+. The Morgan fingerprint density at radius 3 is 1.31 bits per heavy atom. The van der Waals surface area contributed by atoms with Gasteiger partial charge in [0.05, 0.1) is 33.8 Å². The molecule has 9 nitrogen and oxygen atoms in total. The number of esters is 1. The van der Waals surface area contributed by atoms with E-state index in [1.54, 1.807) is 0 Å². The summed E-state index contributed by atoms with van der Waals surface area (Å²) in [6.45, 7) is 6.97. The molecule has 0 spiro atoms. The van der Waals surface area contributed by atoms with Gasteiger partial charge >= 0.3 is 13.8 Å². The highest BCUT2D eigenvalue weighted by Gasteiger charge is 2.30. The number of phosphoric acid groups is 1. The Morgan fingerprint density at radius 2 is 0.892 bits per heavy atom. The molecule has 0 saturated heterocycles. The number of allylic oxidation sites excluding steroid dienone is 5. The summed E-state index contributed by atoms with van der Waals surface area (Å²) in [4.78, 5) is 37.4. The molecule has 0 aliphatic heterocycles. The molecule has 0 aliphatic rings. The van der Waals surface area contributed by atoms with Gasteiger partial charge in [0.25, 0.3) is 0 Å². The van der Waals surface area contributed by atoms with E-state index in [2.05, 4.69) is 50.4 Å². The topological polar surface area (TPSA) is 111 Å². The monoisotopic (exact) mass is 938 g/mol. The van der Waals surface area contributed by atoms with Crippen LogP contribution in [0.3, 0.4) is 0 Å². The molecular weight excluding hydrogens is 832 g/mol. The molecule has 382 valence electrons. The third-order valence-electron chi connectivity index (χ3n) is 12.1. The first-order valence-electron chi connectivity index (χ1n) is 27.3. The molecule has 0 fully saturated rings. The lowest BCUT2D eigenvalue weighted by atomic mass is 10.0. The third kappa shape index (κ3) is 47.1. The molecule has 0 rings (SSSR count). The van der Waals surface area contributed by atoms with Gasteiger partial charge in [0.1, 0.15) is 19.3 Å². The average molecular weight is 938 g/mol. The summed E-state index contributed by atoms with van der Waals surface area (Å²) < 4.78 is 30.5. The summed E-state index contributed by atoms with van der Waals surface area (Å²) >= 11 is 0. The van der Waals surface area contributed by atoms with Crippen LogP contribution in [0.1, 0.15) is 252 Å². The summed E-state index contributed by atoms with van der Waals surface area (Å²) in [5.74, 6) is -0.538. The van der Waals surface area contributed by atoms with Crippen molar-refractivity contribution < 1.29 is 37.3 Å². The zero-order valence-electron chi connectivity index (χ0n) is 43.5. The SMILES string of the molecule is CCCCCCCC/C=C\CCCCCC(=O)NC(COP(=O)(O)OCC[N+](C)(C)C)C(/C=C/CCCCCCCCCCCCC)OC(=O)CCCCC/C=C\CCCCCCCC. The highest BCUT2D eigenvalue weighted by Crippen LogP contribution is 2.43. The first-order chi connectivity index (χ1) is 31.4. The zero-order valence-corrected chi connectivity index (χ0v) is 44.4. The maximum atomic E-state index is 13.4. The van der Waals surface area contributed by atoms with Gasteiger partial charge in [0.2, 0.25) is 5.91 Å². The number of likely N-dealkylation sites (N-methyl/N-ethyl adjacent to an activating group) is 1. The van der Waals surface area contributed by atoms with Gasteiger partial charge in [-0.25, -0.2) is 4.57 Å². The maximum Gasteiger partial charge on any atom is 0.472 e. The minimum atomic E-state index is -4.44. The van der Waals surface area contributed by atoms with Gasteiger partial charge < -0.3 is 19.4 Å². The van der Waals surface area contributed by atoms with Crippen LogP contribution in [0.4, 0.5) is 0 Å². The smallest absolute Gasteiger partial charge is 0.456 e. The van der Waals surface area contributed by atoms with Gasteiger partial charge in [-0.2, -0.15) is 0 Å². The third-order valence-corrected chi connectivity index (χ3v) is 13.0. The van der Waals surface area contributed by atoms with Crippen molar-refractivity contribution >= 4 is 19.7 Å². The summed E-state index contributed by atoms with van der Waals surface area (Å²) in [6.07, 6.45) is 52.8. The first kappa shape index (κ1) is 63.2. The van der Waals surface area contributed by atoms with E-state index in [4.69, 9.17) is 13.8 Å². The summed E-state index contributed by atoms with van der Waals surface area (Å²) in [5.41, 5.74) is 0. The van der Waals surface area contributed by atoms with Crippen molar-refractivity contribution in [3.05, 3.63) is 36.5 Å². The van der Waals surface area contributed by atoms with Crippen molar-refractivity contribution in [3.8, 4) is 0 Å². The predicted octanol–water partition coefficient (Wildman–Crippen LogP) is 16.0. The van der Waals surface area contributed by atoms with Crippen molar-refractivity contribution in [1.29, 1.82) is 0 Å². The van der Waals surface area contributed by atoms with Crippen LogP contribution in [0.5, 0.6) is 0 Å². The van der Waals surface area contributed by atoms with E-state index in [1.165, 1.54) is 135 Å². The molecule has 2 N–H and O–H groups in total. The van der Waals surface area contributed by atoms with Crippen molar-refractivity contribution in [2.45, 2.75) is 264 Å². The van der Waals surface area contributed by atoms with E-state index in [-0.39, 0.29) is 31.5 Å². The maximum absolute atomic E-state index is 13.4. The van der Waals surface area contributed by atoms with E-state index < -0.39 is 20.0 Å². The van der Waals surface area contributed by atoms with E-state index >= 15 is 0 Å². The molecule has 0 aliphatic carbocycles. The summed E-state index contributed by atoms with van der Waals surface area (Å²) in [5, 5.41) is 3.03. The molecule has 10 heteroatoms. The quantitative estimate of drug-likeness (QED) is 0.0205. The summed E-state index contributed by atoms with van der Waals surface area (Å²) in [6, 6.07) is -0.857. The lowest BCUT2D eigenvalue weighted by Crippen LogP contribution is -2.47. The van der Waals surface area contributed by atoms with Crippen LogP contribution in [0.25, 0.3) is 0 Å². The van der Waals surface area contributed by atoms with E-state index in [1.807, 2.05) is 33.3 Å². The van der Waals surface area contributed by atoms with E-state index in [0.717, 1.165) is 77.0 Å². The Morgan fingerprint density at radius 1 is 0.523 bits per heavy atom. The number of nitrogens with zero attached hydrogens (tertiary/aromatic N) is 1. The molecule has 0 aromatic rings. The largest absolute Gasteiger partial charge is 0.472 e. The van der Waals surface area contributed by atoms with Crippen LogP contribution in [-0.2, 0) is 27.9 Å². The second-order valence-corrected chi connectivity index (χ2v) is 21.2. The Balaban J connectivity index is 5.46. The molecule has 0 radical (unpaired) electrons. The fourth-order valence-corrected chi connectivity index (χ4v) is 8.49. The van der Waals surface area contributed by atoms with E-state index in [9.17, 15) is 19.0 Å². The van der Waals surface area contributed by atoms with Crippen LogP contribution in [-0.4, -0.2) is 74.3 Å². The van der Waals surface area contributed by atoms with Crippen LogP contribution in [0, 0.1) is 0 Å². The van der Waals surface area contributed by atoms with E-state index in [0.29, 0.717) is 23.9 Å². The molecule has 0 aromatic heterocycles. The first-order valence-corrected chi connectivity index (χ1v) is 28.8. The molecule has 0 bridgehead atoms. The number of hydrogen-bond acceptors (Lipinski definition) is 6. The Labute approximate surface area is 402 Å². The lowest BCUT2D eigenvalue weighted by Gasteiger charge is -2.27. The number of phosphoric ester groups is 1. The highest BCUT2D eigenvalue weighted by molar-refractivity contribution is 7.47. The second kappa shape index (κ2) is 46.0. The minimum absolute atomic E-state index is 0.0364. The lowest BCUT2D eigenvalue weighted by molar-refractivity contribution is -0.870. The Kier molecular flexibility index (Phi) is 44.7. The molecule has 0 saturated carbocycles. The van der Waals surface area contributed by atoms with Crippen LogP contribution >= 0.6 is 7.82 Å². The fraction of sp³-hybridized carbons (Fsp3) is 0.855. The Hall–Kier alpha value is -1.77. The number of carbonyl (C=O) groups excluding carboxylic acids is 2. The highest BCUT2D eigenvalue weighted by atomic mass is 31.2. The van der Waals surface area contributed by atoms with Crippen LogP contribution in [0.2, 0.25) is 0 Å². The zero-order chi connectivity index (χ0) is 48.0. The van der Waals surface area contributed by atoms with Crippen LogP contribution in [0.15, 0.2) is 36.5 Å². The Bertz CT molecular complexity index is 1220. The molecule has 3 atom stereocenters. The molecule has 1 amide bonds. The van der Waals surface area contributed by atoms with Crippen molar-refractivity contribution in [2.75, 3.05) is 40.9 Å². The number of carbonyl (C=O) groups is 2. The normalized spacial score (nSPS) is 14.1. The molecule has 0 aromatic carbocycles. The summed E-state index contributed by atoms with van der Waals surface area (Å²) in [7, 11) is 1.48. The predicted molar refractivity (Wildman–Crippen MR) is 277 cm³/mol. The van der Waals surface area contributed by atoms with Gasteiger partial charge in [0, 0.05) is 12.8 Å². The molecule has 65 heavy (non-hydrogen) atoms. The number of quaternary nitrogens is 1. The van der Waals surface area contributed by atoms with Crippen molar-refractivity contribution in [2.24, 2.45) is 0 Å². The number of amides is 1. The fourth-order valence-electron chi connectivity index (χ4n) is 7.75. The average Bonchev–Trinajstić information content (AvgIpc) is 3.26. The number of unbranched alkanes of at least 4 members (excludes halogenated alkanes) is 29. The molecule has 3 unspecified atom stereocenters. The molecule has 0 heterocycles. The minimum Gasteiger partial charge on any atom is -0.456 e. The number of ether oxygens (including phenoxy) is 1. The number of rotatable bonds is 49. The second-order valence-electron chi connectivity index (χ2n) is 19.7. The van der Waals surface area contributed by atoms with Crippen molar-refractivity contribution in [3.63, 3.8) is 0 Å². The van der Waals surface area contributed by atoms with Gasteiger partial charge in [-0.1, -0.05) is 192 Å². The van der Waals surface area contributed by atoms with Gasteiger partial charge in [-0.05, 0) is 83.1 Å².